The van der Waals surface area contributed by atoms with E-state index in [-0.39, 0.29) is 0 Å². The van der Waals surface area contributed by atoms with E-state index in [9.17, 15) is 19.7 Å². The summed E-state index contributed by atoms with van der Waals surface area (Å²) < 4.78 is 83.0. The molecule has 97 heavy (non-hydrogen) atoms. The van der Waals surface area contributed by atoms with E-state index in [2.05, 4.69) is 256 Å². The van der Waals surface area contributed by atoms with Crippen molar-refractivity contribution in [1.29, 1.82) is 0 Å². The Labute approximate surface area is 588 Å². The van der Waals surface area contributed by atoms with E-state index < -0.39 is 125 Å². The van der Waals surface area contributed by atoms with Crippen LogP contribution in [0.5, 0.6) is 0 Å². The van der Waals surface area contributed by atoms with Gasteiger partial charge in [0.2, 0.25) is 17.0 Å². The fraction of sp³-hybridized carbons (Fsp3) is 0.711. The van der Waals surface area contributed by atoms with Crippen LogP contribution in [-0.2, 0) is 132 Å². The molecule has 3 spiro atoms. The Morgan fingerprint density at radius 1 is 0.309 bits per heavy atom. The number of aliphatic hydroxyl groups excluding tert-OH is 2. The fourth-order valence-corrected chi connectivity index (χ4v) is 19.1. The summed E-state index contributed by atoms with van der Waals surface area (Å²) in [6, 6.07) is 19.3. The minimum Gasteiger partial charge on any atom is -0.396 e. The normalized spacial score (nSPS) is 28.4. The molecule has 8 aliphatic heterocycles. The average molecular weight is 1380 g/mol. The summed E-state index contributed by atoms with van der Waals surface area (Å²) >= 11 is 0. The second-order valence-electron chi connectivity index (χ2n) is 39.1. The molecule has 8 fully saturated rings. The Kier molecular flexibility index (Phi) is 19.2. The van der Waals surface area contributed by atoms with Crippen LogP contribution in [0, 0.1) is 16.2 Å². The smallest absolute Gasteiger partial charge is 0.346 e. The number of aryl methyl sites for hydroxylation is 4. The van der Waals surface area contributed by atoms with Gasteiger partial charge in [-0.2, -0.15) is 0 Å². The van der Waals surface area contributed by atoms with E-state index in [4.69, 9.17) is 36.6 Å². The third-order valence-corrected chi connectivity index (χ3v) is 23.9. The topological polar surface area (TPSA) is 133 Å². The molecule has 0 aliphatic carbocycles. The Morgan fingerprint density at radius 2 is 0.567 bits per heavy atom. The zero-order chi connectivity index (χ0) is 72.7. The van der Waals surface area contributed by atoms with E-state index in [1.165, 1.54) is 16.7 Å². The highest BCUT2D eigenvalue weighted by Crippen LogP contribution is 2.94. The zero-order valence-electron chi connectivity index (χ0n) is 66.1. The van der Waals surface area contributed by atoms with Gasteiger partial charge in [0.05, 0.1) is 18.6 Å². The van der Waals surface area contributed by atoms with Crippen LogP contribution >= 0.6 is 17.2 Å². The van der Waals surface area contributed by atoms with Gasteiger partial charge in [-0.15, -0.1) is 0 Å². The van der Waals surface area contributed by atoms with E-state index in [1.807, 2.05) is 13.8 Å². The van der Waals surface area contributed by atoms with Crippen LogP contribution in [0.1, 0.15) is 336 Å². The summed E-state index contributed by atoms with van der Waals surface area (Å²) in [7, 11) is -4.89. The van der Waals surface area contributed by atoms with E-state index in [0.717, 1.165) is 118 Å². The maximum Gasteiger partial charge on any atom is 0.346 e. The van der Waals surface area contributed by atoms with E-state index in [1.54, 1.807) is 0 Å². The molecule has 5 bridgehead atoms. The largest absolute Gasteiger partial charge is 0.396 e. The molecule has 540 valence electrons. The molecular formula is C83H126O12P2. The number of hydrogen-bond acceptors (Lipinski definition) is 12. The molecule has 0 aromatic heterocycles. The quantitative estimate of drug-likeness (QED) is 0.104. The highest BCUT2D eigenvalue weighted by atomic mass is 31.2. The highest BCUT2D eigenvalue weighted by Gasteiger charge is 3.05. The second-order valence-corrected chi connectivity index (χ2v) is 41.1. The molecule has 8 aliphatic rings. The maximum absolute atomic E-state index is 13.5. The lowest BCUT2D eigenvalue weighted by atomic mass is 9.47. The van der Waals surface area contributed by atoms with Crippen molar-refractivity contribution in [3.8, 4) is 0 Å². The van der Waals surface area contributed by atoms with Crippen LogP contribution in [0.2, 0.25) is 0 Å². The molecule has 2 N–H and O–H groups in total. The third kappa shape index (κ3) is 11.6. The molecule has 0 radical (unpaired) electrons. The van der Waals surface area contributed by atoms with Crippen LogP contribution in [0.25, 0.3) is 0 Å². The summed E-state index contributed by atoms with van der Waals surface area (Å²) in [4.78, 5) is 0. The molecule has 0 amide bonds. The maximum atomic E-state index is 13.5. The SMILES string of the molecule is CCCc1cc(C(C)(C)C)c(C2(C(C)(C)CO)OC3(c4c(C(C)(C)C)cc(CCC)cc4C(C)(C)C)OP4OC5(O4)OC4(C(C)(C)CO)OP6OC(O6)(O4)C53C(c3c(C(C)(C)C)cc(CCC)cc3C(C)(C)C)(c3c(C(C)(C)C)cc(CCC)cc3C(C)(C)C)O2)c(C(C)(C)C)c1. The van der Waals surface area contributed by atoms with Crippen molar-refractivity contribution in [3.63, 3.8) is 0 Å². The summed E-state index contributed by atoms with van der Waals surface area (Å²) in [5.41, 5.74) is 2.73. The predicted molar refractivity (Wildman–Crippen MR) is 393 cm³/mol. The first-order valence-electron chi connectivity index (χ1n) is 36.7. The van der Waals surface area contributed by atoms with Gasteiger partial charge in [-0.3, -0.25) is 36.6 Å². The zero-order valence-corrected chi connectivity index (χ0v) is 67.9. The lowest BCUT2D eigenvalue weighted by Gasteiger charge is -2.82. The molecule has 0 saturated carbocycles. The molecule has 4 unspecified atom stereocenters. The summed E-state index contributed by atoms with van der Waals surface area (Å²) in [5, 5.41) is 25.5. The Balaban J connectivity index is 1.76. The molecule has 4 aromatic rings. The van der Waals surface area contributed by atoms with Crippen molar-refractivity contribution in [2.75, 3.05) is 13.2 Å². The summed E-state index contributed by atoms with van der Waals surface area (Å²) in [6.45, 7) is 71.3. The van der Waals surface area contributed by atoms with Gasteiger partial charge in [0.25, 0.3) is 0 Å². The van der Waals surface area contributed by atoms with Crippen LogP contribution in [-0.4, -0.2) is 41.3 Å². The first kappa shape index (κ1) is 76.9. The van der Waals surface area contributed by atoms with Gasteiger partial charge in [-0.05, 0) is 161 Å². The molecular weight excluding hydrogens is 1250 g/mol. The van der Waals surface area contributed by atoms with Gasteiger partial charge in [-0.1, -0.05) is 282 Å². The number of aliphatic hydroxyl groups is 2. The molecule has 8 saturated heterocycles. The number of hydrogen-bond donors (Lipinski definition) is 2. The van der Waals surface area contributed by atoms with Crippen molar-refractivity contribution in [2.45, 2.75) is 351 Å². The minimum atomic E-state index is -2.51. The lowest BCUT2D eigenvalue weighted by Crippen LogP contribution is -2.96. The number of rotatable bonds is 16. The summed E-state index contributed by atoms with van der Waals surface area (Å²) in [5.74, 6) is -11.6. The fourth-order valence-electron chi connectivity index (χ4n) is 16.5. The lowest BCUT2D eigenvalue weighted by molar-refractivity contribution is -0.736. The van der Waals surface area contributed by atoms with E-state index >= 15 is 0 Å². The first-order valence-corrected chi connectivity index (χ1v) is 38.8. The van der Waals surface area contributed by atoms with Crippen LogP contribution < -0.4 is 0 Å². The molecule has 8 heterocycles. The molecule has 12 nitrogen and oxygen atoms in total. The van der Waals surface area contributed by atoms with Crippen LogP contribution in [0.3, 0.4) is 0 Å². The van der Waals surface area contributed by atoms with Gasteiger partial charge >= 0.3 is 35.1 Å². The first-order chi connectivity index (χ1) is 44.1. The van der Waals surface area contributed by atoms with Gasteiger partial charge in [0.1, 0.15) is 0 Å². The van der Waals surface area contributed by atoms with Gasteiger partial charge < -0.3 is 19.7 Å². The van der Waals surface area contributed by atoms with Gasteiger partial charge in [-0.25, -0.2) is 0 Å². The number of benzene rings is 4. The molecule has 4 atom stereocenters. The molecule has 4 aromatic carbocycles. The second kappa shape index (κ2) is 24.2. The van der Waals surface area contributed by atoms with Crippen molar-refractivity contribution in [3.05, 3.63) is 138 Å². The molecule has 12 rings (SSSR count). The monoisotopic (exact) mass is 1380 g/mol. The van der Waals surface area contributed by atoms with Crippen molar-refractivity contribution in [1.82, 2.24) is 0 Å². The van der Waals surface area contributed by atoms with Gasteiger partial charge in [0.15, 0.2) is 5.60 Å². The van der Waals surface area contributed by atoms with Gasteiger partial charge in [0, 0.05) is 16.5 Å². The van der Waals surface area contributed by atoms with E-state index in [0.29, 0.717) is 5.56 Å². The third-order valence-electron chi connectivity index (χ3n) is 21.5. The molecule has 14 heteroatoms. The highest BCUT2D eigenvalue weighted by molar-refractivity contribution is 7.43. The van der Waals surface area contributed by atoms with Crippen molar-refractivity contribution >= 4 is 17.2 Å². The number of ether oxygens (including phenoxy) is 4. The summed E-state index contributed by atoms with van der Waals surface area (Å²) in [6.07, 6.45) is 6.80. The Bertz CT molecular complexity index is 3430. The average Bonchev–Trinajstić information content (AvgIpc) is 0.598. The van der Waals surface area contributed by atoms with Crippen LogP contribution in [0.4, 0.5) is 0 Å². The van der Waals surface area contributed by atoms with Crippen LogP contribution in [0.15, 0.2) is 48.5 Å². The standard InChI is InChI=1S/C83H126O12P2/c1-33-37-51-41-55(67(5,6)7)63(56(42-51)68(8,9)10)77(64-57(69(11,12)13)43-52(38-34-2)44-58(64)70(14,15)16)80-79(66-61(73(23,24)25)47-54(40-36-4)48-62(66)74(26,27)28,90-96-92-82(80,93-96)88-81(76(31,32)50-85)89-83(80)94-97(91-81)95-83)87-78(86-77,75(29,30)49-84)65-59(71(17,18)19)45-53(39-35-3)46-60(65)72(20,21)22/h41-48,84-85H,33-40,49-50H2,1-32H3. The Morgan fingerprint density at radius 3 is 0.825 bits per heavy atom. The van der Waals surface area contributed by atoms with Crippen molar-refractivity contribution in [2.24, 2.45) is 16.2 Å². The Hall–Kier alpha value is -2.74. The predicted octanol–water partition coefficient (Wildman–Crippen LogP) is 21.5. The van der Waals surface area contributed by atoms with Crippen molar-refractivity contribution < 1.29 is 56.3 Å². The minimum absolute atomic E-state index is 0.434.